The first kappa shape index (κ1) is 10.4. The SMILES string of the molecule is OC(/C=C\C1OCCO1)c1ccccc1. The van der Waals surface area contributed by atoms with Gasteiger partial charge >= 0.3 is 0 Å². The fraction of sp³-hybridized carbons (Fsp3) is 0.333. The molecule has 0 spiro atoms. The van der Waals surface area contributed by atoms with E-state index in [4.69, 9.17) is 9.47 Å². The largest absolute Gasteiger partial charge is 0.384 e. The Morgan fingerprint density at radius 1 is 1.20 bits per heavy atom. The van der Waals surface area contributed by atoms with Gasteiger partial charge in [0.2, 0.25) is 0 Å². The molecule has 0 aliphatic carbocycles. The van der Waals surface area contributed by atoms with Crippen molar-refractivity contribution in [2.75, 3.05) is 13.2 Å². The maximum Gasteiger partial charge on any atom is 0.177 e. The highest BCUT2D eigenvalue weighted by molar-refractivity contribution is 5.20. The van der Waals surface area contributed by atoms with E-state index in [2.05, 4.69) is 0 Å². The number of aliphatic hydroxyl groups is 1. The van der Waals surface area contributed by atoms with Crippen molar-refractivity contribution in [1.82, 2.24) is 0 Å². The third-order valence-electron chi connectivity index (χ3n) is 2.24. The van der Waals surface area contributed by atoms with Crippen LogP contribution in [0.1, 0.15) is 11.7 Å². The van der Waals surface area contributed by atoms with E-state index in [1.54, 1.807) is 12.2 Å². The van der Waals surface area contributed by atoms with Crippen molar-refractivity contribution in [3.05, 3.63) is 48.0 Å². The minimum absolute atomic E-state index is 0.302. The highest BCUT2D eigenvalue weighted by Crippen LogP contribution is 2.15. The van der Waals surface area contributed by atoms with E-state index in [0.29, 0.717) is 13.2 Å². The van der Waals surface area contributed by atoms with E-state index in [-0.39, 0.29) is 6.29 Å². The average Bonchev–Trinajstić information content (AvgIpc) is 2.80. The van der Waals surface area contributed by atoms with Crippen molar-refractivity contribution >= 4 is 0 Å². The van der Waals surface area contributed by atoms with Gasteiger partial charge in [0.15, 0.2) is 6.29 Å². The molecule has 1 aliphatic rings. The van der Waals surface area contributed by atoms with Gasteiger partial charge in [-0.15, -0.1) is 0 Å². The summed E-state index contributed by atoms with van der Waals surface area (Å²) in [5.74, 6) is 0. The molecule has 0 bridgehead atoms. The van der Waals surface area contributed by atoms with Crippen LogP contribution in [0.4, 0.5) is 0 Å². The van der Waals surface area contributed by atoms with E-state index in [9.17, 15) is 5.11 Å². The van der Waals surface area contributed by atoms with Gasteiger partial charge in [-0.1, -0.05) is 36.4 Å². The Morgan fingerprint density at radius 2 is 1.87 bits per heavy atom. The first-order valence-corrected chi connectivity index (χ1v) is 5.01. The average molecular weight is 206 g/mol. The Bertz CT molecular complexity index is 315. The fourth-order valence-electron chi connectivity index (χ4n) is 1.45. The molecule has 1 fully saturated rings. The zero-order valence-corrected chi connectivity index (χ0v) is 8.37. The summed E-state index contributed by atoms with van der Waals surface area (Å²) in [5, 5.41) is 9.78. The minimum atomic E-state index is -0.598. The zero-order chi connectivity index (χ0) is 10.5. The van der Waals surface area contributed by atoms with Crippen LogP contribution in [0.2, 0.25) is 0 Å². The van der Waals surface area contributed by atoms with Crippen molar-refractivity contribution in [2.45, 2.75) is 12.4 Å². The number of benzene rings is 1. The molecule has 80 valence electrons. The lowest BCUT2D eigenvalue weighted by Gasteiger charge is -2.07. The molecule has 0 amide bonds. The molecule has 0 radical (unpaired) electrons. The van der Waals surface area contributed by atoms with Gasteiger partial charge in [0, 0.05) is 0 Å². The van der Waals surface area contributed by atoms with Crippen molar-refractivity contribution in [3.63, 3.8) is 0 Å². The number of rotatable bonds is 3. The predicted octanol–water partition coefficient (Wildman–Crippen LogP) is 1.65. The normalized spacial score (nSPS) is 19.8. The Kier molecular flexibility index (Phi) is 3.50. The topological polar surface area (TPSA) is 38.7 Å². The monoisotopic (exact) mass is 206 g/mol. The molecule has 3 nitrogen and oxygen atoms in total. The summed E-state index contributed by atoms with van der Waals surface area (Å²) in [6.45, 7) is 1.24. The summed E-state index contributed by atoms with van der Waals surface area (Å²) in [4.78, 5) is 0. The second-order valence-corrected chi connectivity index (χ2v) is 3.35. The summed E-state index contributed by atoms with van der Waals surface area (Å²) >= 11 is 0. The van der Waals surface area contributed by atoms with Crippen LogP contribution in [-0.2, 0) is 9.47 Å². The molecule has 0 aromatic heterocycles. The Hall–Kier alpha value is -1.16. The van der Waals surface area contributed by atoms with Gasteiger partial charge in [-0.2, -0.15) is 0 Å². The van der Waals surface area contributed by atoms with Crippen molar-refractivity contribution in [2.24, 2.45) is 0 Å². The minimum Gasteiger partial charge on any atom is -0.384 e. The molecule has 15 heavy (non-hydrogen) atoms. The summed E-state index contributed by atoms with van der Waals surface area (Å²) in [5.41, 5.74) is 0.867. The van der Waals surface area contributed by atoms with Crippen LogP contribution in [0.25, 0.3) is 0 Å². The maximum absolute atomic E-state index is 9.78. The van der Waals surface area contributed by atoms with E-state index in [0.717, 1.165) is 5.56 Å². The molecule has 1 N–H and O–H groups in total. The lowest BCUT2D eigenvalue weighted by Crippen LogP contribution is -2.03. The van der Waals surface area contributed by atoms with Gasteiger partial charge in [-0.25, -0.2) is 0 Å². The molecule has 1 unspecified atom stereocenters. The number of ether oxygens (including phenoxy) is 2. The van der Waals surface area contributed by atoms with E-state index in [1.807, 2.05) is 30.3 Å². The first-order valence-electron chi connectivity index (χ1n) is 5.01. The maximum atomic E-state index is 9.78. The van der Waals surface area contributed by atoms with Crippen LogP contribution in [-0.4, -0.2) is 24.6 Å². The molecular formula is C12H14O3. The van der Waals surface area contributed by atoms with Crippen molar-refractivity contribution < 1.29 is 14.6 Å². The van der Waals surface area contributed by atoms with Crippen molar-refractivity contribution in [3.8, 4) is 0 Å². The summed E-state index contributed by atoms with van der Waals surface area (Å²) in [7, 11) is 0. The molecule has 1 aromatic rings. The predicted molar refractivity (Wildman–Crippen MR) is 56.2 cm³/mol. The molecule has 1 heterocycles. The lowest BCUT2D eigenvalue weighted by molar-refractivity contribution is -0.00238. The van der Waals surface area contributed by atoms with Gasteiger partial charge in [-0.05, 0) is 11.6 Å². The quantitative estimate of drug-likeness (QED) is 0.764. The van der Waals surface area contributed by atoms with E-state index in [1.165, 1.54) is 0 Å². The van der Waals surface area contributed by atoms with Crippen LogP contribution >= 0.6 is 0 Å². The molecular weight excluding hydrogens is 192 g/mol. The number of hydrogen-bond donors (Lipinski definition) is 1. The van der Waals surface area contributed by atoms with Gasteiger partial charge < -0.3 is 14.6 Å². The fourth-order valence-corrected chi connectivity index (χ4v) is 1.45. The zero-order valence-electron chi connectivity index (χ0n) is 8.37. The van der Waals surface area contributed by atoms with Crippen LogP contribution in [0.3, 0.4) is 0 Å². The van der Waals surface area contributed by atoms with Crippen molar-refractivity contribution in [1.29, 1.82) is 0 Å². The smallest absolute Gasteiger partial charge is 0.177 e. The highest BCUT2D eigenvalue weighted by atomic mass is 16.7. The summed E-state index contributed by atoms with van der Waals surface area (Å²) < 4.78 is 10.4. The molecule has 1 saturated heterocycles. The third-order valence-corrected chi connectivity index (χ3v) is 2.24. The number of aliphatic hydroxyl groups excluding tert-OH is 1. The second-order valence-electron chi connectivity index (χ2n) is 3.35. The van der Waals surface area contributed by atoms with E-state index < -0.39 is 6.10 Å². The molecule has 3 heteroatoms. The summed E-state index contributed by atoms with van der Waals surface area (Å²) in [6, 6.07) is 9.48. The molecule has 0 saturated carbocycles. The molecule has 2 rings (SSSR count). The molecule has 1 aromatic carbocycles. The van der Waals surface area contributed by atoms with E-state index >= 15 is 0 Å². The molecule has 1 aliphatic heterocycles. The van der Waals surface area contributed by atoms with Gasteiger partial charge in [0.05, 0.1) is 19.3 Å². The van der Waals surface area contributed by atoms with Gasteiger partial charge in [-0.3, -0.25) is 0 Å². The standard InChI is InChI=1S/C12H14O3/c13-11(10-4-2-1-3-5-10)6-7-12-14-8-9-15-12/h1-7,11-13H,8-9H2/b7-6-. The van der Waals surface area contributed by atoms with Crippen LogP contribution < -0.4 is 0 Å². The number of hydrogen-bond acceptors (Lipinski definition) is 3. The Morgan fingerprint density at radius 3 is 2.53 bits per heavy atom. The lowest BCUT2D eigenvalue weighted by atomic mass is 10.1. The first-order chi connectivity index (χ1) is 7.36. The molecule has 1 atom stereocenters. The van der Waals surface area contributed by atoms with Crippen LogP contribution in [0.5, 0.6) is 0 Å². The van der Waals surface area contributed by atoms with Gasteiger partial charge in [0.25, 0.3) is 0 Å². The highest BCUT2D eigenvalue weighted by Gasteiger charge is 2.12. The van der Waals surface area contributed by atoms with Gasteiger partial charge in [0.1, 0.15) is 0 Å². The Balaban J connectivity index is 1.94. The van der Waals surface area contributed by atoms with Crippen LogP contribution in [0, 0.1) is 0 Å². The third kappa shape index (κ3) is 2.89. The van der Waals surface area contributed by atoms with Crippen LogP contribution in [0.15, 0.2) is 42.5 Å². The second kappa shape index (κ2) is 5.07. The Labute approximate surface area is 88.9 Å². The summed E-state index contributed by atoms with van der Waals surface area (Å²) in [6.07, 6.45) is 2.53.